The van der Waals surface area contributed by atoms with Crippen LogP contribution in [-0.2, 0) is 5.60 Å². The van der Waals surface area contributed by atoms with Crippen molar-refractivity contribution < 1.29 is 5.11 Å². The molecule has 1 atom stereocenters. The van der Waals surface area contributed by atoms with Crippen molar-refractivity contribution in [1.29, 1.82) is 0 Å². The van der Waals surface area contributed by atoms with E-state index in [0.29, 0.717) is 12.1 Å². The van der Waals surface area contributed by atoms with E-state index in [2.05, 4.69) is 5.32 Å². The van der Waals surface area contributed by atoms with E-state index in [1.54, 1.807) is 0 Å². The number of aliphatic hydroxyl groups is 1. The normalized spacial score (nSPS) is 31.4. The average Bonchev–Trinajstić information content (AvgIpc) is 2.45. The summed E-state index contributed by atoms with van der Waals surface area (Å²) in [6, 6.07) is 10.1. The first-order valence-electron chi connectivity index (χ1n) is 7.26. The van der Waals surface area contributed by atoms with Gasteiger partial charge < -0.3 is 10.4 Å². The molecule has 2 fully saturated rings. The fourth-order valence-corrected chi connectivity index (χ4v) is 3.61. The van der Waals surface area contributed by atoms with E-state index in [0.717, 1.165) is 18.4 Å². The zero-order valence-electron chi connectivity index (χ0n) is 11.0. The van der Waals surface area contributed by atoms with Crippen molar-refractivity contribution in [3.63, 3.8) is 0 Å². The third-order valence-corrected chi connectivity index (χ3v) is 4.89. The van der Waals surface area contributed by atoms with Crippen LogP contribution in [0, 0.1) is 0 Å². The standard InChI is InChI=1S/C16H23NO/c18-16(14-7-3-1-4-8-14)12-11-15(17-13-16)9-5-2-6-10-15/h1,3-4,7-8,17-18H,2,5-6,9-13H2. The molecule has 0 bridgehead atoms. The quantitative estimate of drug-likeness (QED) is 0.797. The fraction of sp³-hybridized carbons (Fsp3) is 0.625. The van der Waals surface area contributed by atoms with Crippen molar-refractivity contribution in [2.24, 2.45) is 0 Å². The molecule has 0 amide bonds. The third-order valence-electron chi connectivity index (χ3n) is 4.89. The smallest absolute Gasteiger partial charge is 0.102 e. The van der Waals surface area contributed by atoms with Gasteiger partial charge in [0, 0.05) is 12.1 Å². The van der Waals surface area contributed by atoms with Gasteiger partial charge in [-0.25, -0.2) is 0 Å². The first-order valence-corrected chi connectivity index (χ1v) is 7.26. The Morgan fingerprint density at radius 2 is 1.61 bits per heavy atom. The molecule has 1 spiro atoms. The van der Waals surface area contributed by atoms with Gasteiger partial charge in [-0.15, -0.1) is 0 Å². The molecule has 18 heavy (non-hydrogen) atoms. The Labute approximate surface area is 109 Å². The lowest BCUT2D eigenvalue weighted by Crippen LogP contribution is -2.57. The average molecular weight is 245 g/mol. The Balaban J connectivity index is 1.72. The number of hydrogen-bond donors (Lipinski definition) is 2. The number of piperidine rings is 1. The molecule has 0 aromatic heterocycles. The van der Waals surface area contributed by atoms with Gasteiger partial charge in [-0.1, -0.05) is 49.6 Å². The fourth-order valence-electron chi connectivity index (χ4n) is 3.61. The lowest BCUT2D eigenvalue weighted by molar-refractivity contribution is -0.0240. The van der Waals surface area contributed by atoms with Crippen LogP contribution in [0.1, 0.15) is 50.5 Å². The van der Waals surface area contributed by atoms with Gasteiger partial charge in [-0.2, -0.15) is 0 Å². The van der Waals surface area contributed by atoms with Gasteiger partial charge in [0.05, 0.1) is 0 Å². The number of hydrogen-bond acceptors (Lipinski definition) is 2. The molecule has 3 rings (SSSR count). The molecule has 1 saturated heterocycles. The summed E-state index contributed by atoms with van der Waals surface area (Å²) < 4.78 is 0. The van der Waals surface area contributed by atoms with Gasteiger partial charge in [0.25, 0.3) is 0 Å². The molecule has 2 nitrogen and oxygen atoms in total. The zero-order valence-corrected chi connectivity index (χ0v) is 11.0. The molecule has 1 aliphatic carbocycles. The van der Waals surface area contributed by atoms with Crippen molar-refractivity contribution in [2.75, 3.05) is 6.54 Å². The third kappa shape index (κ3) is 2.19. The van der Waals surface area contributed by atoms with Gasteiger partial charge in [-0.05, 0) is 31.2 Å². The van der Waals surface area contributed by atoms with Crippen molar-refractivity contribution in [1.82, 2.24) is 5.32 Å². The van der Waals surface area contributed by atoms with Crippen LogP contribution in [0.15, 0.2) is 30.3 Å². The number of rotatable bonds is 1. The van der Waals surface area contributed by atoms with Gasteiger partial charge >= 0.3 is 0 Å². The lowest BCUT2D eigenvalue weighted by Gasteiger charge is -2.47. The number of β-amino-alcohol motifs (C(OH)–C–C–N with tert-alkyl or cyclic N) is 1. The second kappa shape index (κ2) is 4.67. The Kier molecular flexibility index (Phi) is 3.16. The minimum atomic E-state index is -0.663. The number of benzene rings is 1. The van der Waals surface area contributed by atoms with E-state index < -0.39 is 5.60 Å². The maximum atomic E-state index is 10.8. The van der Waals surface area contributed by atoms with Crippen LogP contribution < -0.4 is 5.32 Å². The molecule has 2 N–H and O–H groups in total. The van der Waals surface area contributed by atoms with Crippen LogP contribution in [0.3, 0.4) is 0 Å². The maximum absolute atomic E-state index is 10.8. The first-order chi connectivity index (χ1) is 8.73. The van der Waals surface area contributed by atoms with Crippen molar-refractivity contribution >= 4 is 0 Å². The van der Waals surface area contributed by atoms with Crippen LogP contribution in [0.2, 0.25) is 0 Å². The maximum Gasteiger partial charge on any atom is 0.102 e. The van der Waals surface area contributed by atoms with Crippen LogP contribution in [0.5, 0.6) is 0 Å². The van der Waals surface area contributed by atoms with Crippen LogP contribution in [-0.4, -0.2) is 17.2 Å². The highest BCUT2D eigenvalue weighted by molar-refractivity contribution is 5.24. The Morgan fingerprint density at radius 1 is 0.889 bits per heavy atom. The highest BCUT2D eigenvalue weighted by Gasteiger charge is 2.42. The molecule has 1 aromatic rings. The van der Waals surface area contributed by atoms with Crippen LogP contribution in [0.4, 0.5) is 0 Å². The van der Waals surface area contributed by atoms with Crippen LogP contribution >= 0.6 is 0 Å². The first kappa shape index (κ1) is 12.2. The minimum Gasteiger partial charge on any atom is -0.384 e. The van der Waals surface area contributed by atoms with Crippen molar-refractivity contribution in [3.8, 4) is 0 Å². The van der Waals surface area contributed by atoms with Crippen molar-refractivity contribution in [2.45, 2.75) is 56.1 Å². The zero-order chi connectivity index (χ0) is 12.5. The second-order valence-corrected chi connectivity index (χ2v) is 6.09. The Bertz CT molecular complexity index is 385. The molecule has 98 valence electrons. The topological polar surface area (TPSA) is 32.3 Å². The summed E-state index contributed by atoms with van der Waals surface area (Å²) in [4.78, 5) is 0. The molecular formula is C16H23NO. The SMILES string of the molecule is OC1(c2ccccc2)CCC2(CCCCC2)NC1. The molecule has 1 heterocycles. The van der Waals surface area contributed by atoms with Gasteiger partial charge in [0.2, 0.25) is 0 Å². The summed E-state index contributed by atoms with van der Waals surface area (Å²) in [6.45, 7) is 0.705. The van der Waals surface area contributed by atoms with E-state index >= 15 is 0 Å². The lowest BCUT2D eigenvalue weighted by atomic mass is 9.72. The van der Waals surface area contributed by atoms with Crippen molar-refractivity contribution in [3.05, 3.63) is 35.9 Å². The summed E-state index contributed by atoms with van der Waals surface area (Å²) in [5.74, 6) is 0. The van der Waals surface area contributed by atoms with E-state index in [9.17, 15) is 5.11 Å². The summed E-state index contributed by atoms with van der Waals surface area (Å²) in [5.41, 5.74) is 0.728. The van der Waals surface area contributed by atoms with E-state index in [1.165, 1.54) is 32.1 Å². The van der Waals surface area contributed by atoms with E-state index in [-0.39, 0.29) is 0 Å². The van der Waals surface area contributed by atoms with Gasteiger partial charge in [-0.3, -0.25) is 0 Å². The number of nitrogens with one attached hydrogen (secondary N) is 1. The summed E-state index contributed by atoms with van der Waals surface area (Å²) in [5, 5.41) is 14.5. The second-order valence-electron chi connectivity index (χ2n) is 6.09. The molecular weight excluding hydrogens is 222 g/mol. The summed E-state index contributed by atoms with van der Waals surface area (Å²) in [6.07, 6.45) is 8.65. The predicted octanol–water partition coefficient (Wildman–Crippen LogP) is 2.96. The monoisotopic (exact) mass is 245 g/mol. The van der Waals surface area contributed by atoms with Gasteiger partial charge in [0.1, 0.15) is 5.60 Å². The van der Waals surface area contributed by atoms with E-state index in [1.807, 2.05) is 30.3 Å². The molecule has 1 aromatic carbocycles. The minimum absolute atomic E-state index is 0.333. The summed E-state index contributed by atoms with van der Waals surface area (Å²) in [7, 11) is 0. The highest BCUT2D eigenvalue weighted by Crippen LogP contribution is 2.40. The largest absolute Gasteiger partial charge is 0.384 e. The highest BCUT2D eigenvalue weighted by atomic mass is 16.3. The molecule has 2 heteroatoms. The van der Waals surface area contributed by atoms with Crippen LogP contribution in [0.25, 0.3) is 0 Å². The molecule has 2 aliphatic rings. The Morgan fingerprint density at radius 3 is 2.22 bits per heavy atom. The Hall–Kier alpha value is -0.860. The van der Waals surface area contributed by atoms with E-state index in [4.69, 9.17) is 0 Å². The summed E-state index contributed by atoms with van der Waals surface area (Å²) >= 11 is 0. The molecule has 1 saturated carbocycles. The predicted molar refractivity (Wildman–Crippen MR) is 73.4 cm³/mol. The molecule has 1 unspecified atom stereocenters. The molecule has 1 aliphatic heterocycles. The molecule has 0 radical (unpaired) electrons. The van der Waals surface area contributed by atoms with Gasteiger partial charge in [0.15, 0.2) is 0 Å².